The van der Waals surface area contributed by atoms with Crippen molar-refractivity contribution in [2.24, 2.45) is 11.8 Å². The van der Waals surface area contributed by atoms with Crippen molar-refractivity contribution in [2.75, 3.05) is 22.9 Å². The van der Waals surface area contributed by atoms with Gasteiger partial charge in [0.25, 0.3) is 8.32 Å². The van der Waals surface area contributed by atoms with Crippen LogP contribution in [0.1, 0.15) is 74.7 Å². The smallest absolute Gasteiger partial charge is 0.261 e. The molecule has 2 heterocycles. The zero-order valence-electron chi connectivity index (χ0n) is 30.0. The fourth-order valence-electron chi connectivity index (χ4n) is 8.49. The molecule has 0 N–H and O–H groups in total. The highest BCUT2D eigenvalue weighted by Crippen LogP contribution is 2.42. The highest BCUT2D eigenvalue weighted by atomic mass is 28.4. The van der Waals surface area contributed by atoms with Crippen LogP contribution >= 0.6 is 0 Å². The Morgan fingerprint density at radius 1 is 0.745 bits per heavy atom. The molecule has 0 aliphatic carbocycles. The molecule has 0 saturated carbocycles. The second-order valence-electron chi connectivity index (χ2n) is 16.0. The molecule has 2 aliphatic heterocycles. The van der Waals surface area contributed by atoms with Gasteiger partial charge >= 0.3 is 0 Å². The van der Waals surface area contributed by atoms with E-state index in [2.05, 4.69) is 174 Å². The lowest BCUT2D eigenvalue weighted by Crippen LogP contribution is -2.68. The van der Waals surface area contributed by atoms with Gasteiger partial charge < -0.3 is 14.2 Å². The van der Waals surface area contributed by atoms with Crippen LogP contribution in [0.5, 0.6) is 0 Å². The lowest BCUT2D eigenvalue weighted by molar-refractivity contribution is 0.202. The van der Waals surface area contributed by atoms with Gasteiger partial charge in [0.15, 0.2) is 0 Å². The minimum Gasteiger partial charge on any atom is -0.403 e. The third-order valence-corrected chi connectivity index (χ3v) is 16.5. The molecule has 2 saturated heterocycles. The summed E-state index contributed by atoms with van der Waals surface area (Å²) in [5.74, 6) is 1.15. The average molecular weight is 645 g/mol. The summed E-state index contributed by atoms with van der Waals surface area (Å²) in [6.07, 6.45) is 3.71. The first-order chi connectivity index (χ1) is 22.4. The van der Waals surface area contributed by atoms with E-state index < -0.39 is 8.32 Å². The molecule has 0 bridgehead atoms. The van der Waals surface area contributed by atoms with Gasteiger partial charge in [-0.3, -0.25) is 0 Å². The first kappa shape index (κ1) is 33.6. The van der Waals surface area contributed by atoms with Crippen molar-refractivity contribution in [3.8, 4) is 11.1 Å². The summed E-state index contributed by atoms with van der Waals surface area (Å²) in [5.41, 5.74) is 5.39. The fourth-order valence-corrected chi connectivity index (χ4v) is 13.2. The predicted molar refractivity (Wildman–Crippen MR) is 205 cm³/mol. The van der Waals surface area contributed by atoms with Gasteiger partial charge in [0.2, 0.25) is 0 Å². The van der Waals surface area contributed by atoms with Gasteiger partial charge in [-0.25, -0.2) is 0 Å². The molecule has 248 valence electrons. The molecule has 0 radical (unpaired) electrons. The molecule has 2 fully saturated rings. The van der Waals surface area contributed by atoms with Gasteiger partial charge in [-0.2, -0.15) is 0 Å². The largest absolute Gasteiger partial charge is 0.403 e. The van der Waals surface area contributed by atoms with Gasteiger partial charge in [-0.1, -0.05) is 133 Å². The van der Waals surface area contributed by atoms with Crippen LogP contribution in [-0.2, 0) is 4.43 Å². The van der Waals surface area contributed by atoms with E-state index in [9.17, 15) is 0 Å². The minimum atomic E-state index is -2.77. The summed E-state index contributed by atoms with van der Waals surface area (Å²) in [7, 11) is -2.77. The summed E-state index contributed by atoms with van der Waals surface area (Å²) in [6.45, 7) is 21.1. The summed E-state index contributed by atoms with van der Waals surface area (Å²) < 4.78 is 7.78. The third kappa shape index (κ3) is 6.32. The lowest BCUT2D eigenvalue weighted by atomic mass is 9.85. The van der Waals surface area contributed by atoms with E-state index in [-0.39, 0.29) is 16.7 Å². The first-order valence-corrected chi connectivity index (χ1v) is 19.9. The van der Waals surface area contributed by atoms with Crippen LogP contribution in [0.2, 0.25) is 5.04 Å². The molecule has 4 heteroatoms. The molecule has 47 heavy (non-hydrogen) atoms. The molecule has 0 aromatic heterocycles. The molecule has 4 unspecified atom stereocenters. The van der Waals surface area contributed by atoms with Gasteiger partial charge in [0.1, 0.15) is 0 Å². The number of para-hydroxylation sites is 1. The molecule has 6 rings (SSSR count). The number of benzene rings is 4. The molecule has 4 aromatic carbocycles. The third-order valence-electron chi connectivity index (χ3n) is 11.4. The average Bonchev–Trinajstić information content (AvgIpc) is 3.69. The Hall–Kier alpha value is -3.34. The Morgan fingerprint density at radius 3 is 2.00 bits per heavy atom. The zero-order chi connectivity index (χ0) is 33.4. The van der Waals surface area contributed by atoms with Gasteiger partial charge in [-0.15, -0.1) is 0 Å². The quantitative estimate of drug-likeness (QED) is 0.169. The van der Waals surface area contributed by atoms with Crippen molar-refractivity contribution in [1.82, 2.24) is 0 Å². The standard InChI is InChI=1S/C43H56N2OSi/c1-32(2)41-30-38(31-44(41)36-18-11-9-12-19-36)46-47(42(5,6)7,39-20-13-10-14-21-39)40-22-15-17-35(29-40)34-23-25-37(26-24-34)45-28-16-27-43(45,8)33(3)4/h9-15,17-26,29,32-33,38,41H,16,27-28,30-31H2,1-8H3. The predicted octanol–water partition coefficient (Wildman–Crippen LogP) is 9.55. The molecular formula is C43H56N2OSi. The van der Waals surface area contributed by atoms with Crippen molar-refractivity contribution in [3.63, 3.8) is 0 Å². The van der Waals surface area contributed by atoms with Crippen LogP contribution < -0.4 is 20.2 Å². The Balaban J connectivity index is 1.38. The zero-order valence-corrected chi connectivity index (χ0v) is 31.0. The molecule has 0 amide bonds. The maximum Gasteiger partial charge on any atom is 0.261 e. The van der Waals surface area contributed by atoms with E-state index in [1.165, 1.54) is 45.7 Å². The first-order valence-electron chi connectivity index (χ1n) is 18.0. The highest BCUT2D eigenvalue weighted by molar-refractivity contribution is 6.99. The second kappa shape index (κ2) is 13.3. The molecule has 0 spiro atoms. The van der Waals surface area contributed by atoms with Crippen molar-refractivity contribution in [1.29, 1.82) is 0 Å². The van der Waals surface area contributed by atoms with E-state index in [1.807, 2.05) is 0 Å². The minimum absolute atomic E-state index is 0.0820. The lowest BCUT2D eigenvalue weighted by Gasteiger charge is -2.44. The van der Waals surface area contributed by atoms with Crippen LogP contribution in [0.3, 0.4) is 0 Å². The van der Waals surface area contributed by atoms with Gasteiger partial charge in [-0.05, 0) is 88.8 Å². The number of hydrogen-bond acceptors (Lipinski definition) is 3. The van der Waals surface area contributed by atoms with E-state index in [0.29, 0.717) is 17.9 Å². The normalized spacial score (nSPS) is 23.1. The fraction of sp³-hybridized carbons (Fsp3) is 0.442. The topological polar surface area (TPSA) is 15.7 Å². The Kier molecular flexibility index (Phi) is 9.48. The number of hydrogen-bond donors (Lipinski definition) is 0. The van der Waals surface area contributed by atoms with Crippen LogP contribution in [0, 0.1) is 11.8 Å². The number of nitrogens with zero attached hydrogens (tertiary/aromatic N) is 2. The van der Waals surface area contributed by atoms with Crippen molar-refractivity contribution in [3.05, 3.63) is 109 Å². The monoisotopic (exact) mass is 644 g/mol. The van der Waals surface area contributed by atoms with E-state index in [4.69, 9.17) is 4.43 Å². The molecule has 3 nitrogen and oxygen atoms in total. The molecule has 4 aromatic rings. The van der Waals surface area contributed by atoms with Gasteiger partial charge in [0.05, 0.1) is 6.10 Å². The summed E-state index contributed by atoms with van der Waals surface area (Å²) in [5, 5.41) is 2.62. The van der Waals surface area contributed by atoms with Crippen molar-refractivity contribution >= 4 is 30.1 Å². The van der Waals surface area contributed by atoms with Crippen LogP contribution in [0.25, 0.3) is 11.1 Å². The number of rotatable bonds is 9. The Bertz CT molecular complexity index is 1610. The van der Waals surface area contributed by atoms with E-state index in [1.54, 1.807) is 0 Å². The van der Waals surface area contributed by atoms with Crippen LogP contribution in [0.15, 0.2) is 109 Å². The number of anilines is 2. The summed E-state index contributed by atoms with van der Waals surface area (Å²) in [4.78, 5) is 5.24. The maximum atomic E-state index is 7.78. The summed E-state index contributed by atoms with van der Waals surface area (Å²) >= 11 is 0. The van der Waals surface area contributed by atoms with E-state index in [0.717, 1.165) is 19.5 Å². The molecule has 2 aliphatic rings. The van der Waals surface area contributed by atoms with E-state index >= 15 is 0 Å². The second-order valence-corrected chi connectivity index (χ2v) is 20.2. The Labute approximate surface area is 286 Å². The van der Waals surface area contributed by atoms with Crippen LogP contribution in [0.4, 0.5) is 11.4 Å². The SMILES string of the molecule is CC(C)C1CC(O[Si](c2ccccc2)(c2cccc(-c3ccc(N4CCCC4(C)C(C)C)cc3)c2)C(C)(C)C)CN1c1ccccc1. The molecular weight excluding hydrogens is 589 g/mol. The highest BCUT2D eigenvalue weighted by Gasteiger charge is 2.53. The summed E-state index contributed by atoms with van der Waals surface area (Å²) in [6, 6.07) is 41.3. The Morgan fingerprint density at radius 2 is 1.38 bits per heavy atom. The van der Waals surface area contributed by atoms with Crippen LogP contribution in [-0.4, -0.2) is 39.1 Å². The van der Waals surface area contributed by atoms with Crippen molar-refractivity contribution < 1.29 is 4.43 Å². The maximum absolute atomic E-state index is 7.78. The molecule has 4 atom stereocenters. The van der Waals surface area contributed by atoms with Gasteiger partial charge in [0, 0.05) is 36.0 Å². The van der Waals surface area contributed by atoms with Crippen molar-refractivity contribution in [2.45, 2.75) is 97.4 Å².